The van der Waals surface area contributed by atoms with Crippen molar-refractivity contribution in [3.63, 3.8) is 0 Å². The third-order valence-corrected chi connectivity index (χ3v) is 4.29. The summed E-state index contributed by atoms with van der Waals surface area (Å²) in [4.78, 5) is 11.1. The number of rotatable bonds is 5. The van der Waals surface area contributed by atoms with Crippen LogP contribution in [-0.2, 0) is 14.9 Å². The molecule has 1 saturated heterocycles. The molecule has 1 aliphatic heterocycles. The molecule has 0 N–H and O–H groups in total. The molecule has 1 aliphatic rings. The number of hydrogen-bond donors (Lipinski definition) is 0. The predicted molar refractivity (Wildman–Crippen MR) is 76.4 cm³/mol. The van der Waals surface area contributed by atoms with Gasteiger partial charge in [0.2, 0.25) is 0 Å². The standard InChI is InChI=1S/C14H15F3O6S/c1-9-6-10(22-13-4-2-3-5-21-13)7-12(11(9)8-18)23-24(19,20)14(15,16)17/h6-8,13H,2-5H2,1H3. The summed E-state index contributed by atoms with van der Waals surface area (Å²) in [5.41, 5.74) is -5.70. The molecule has 1 heterocycles. The molecule has 1 fully saturated rings. The molecule has 6 nitrogen and oxygen atoms in total. The van der Waals surface area contributed by atoms with Crippen LogP contribution in [0.4, 0.5) is 13.2 Å². The van der Waals surface area contributed by atoms with E-state index < -0.39 is 27.7 Å². The minimum Gasteiger partial charge on any atom is -0.465 e. The summed E-state index contributed by atoms with van der Waals surface area (Å²) in [6.07, 6.45) is 1.96. The Morgan fingerprint density at radius 3 is 2.54 bits per heavy atom. The van der Waals surface area contributed by atoms with E-state index in [4.69, 9.17) is 9.47 Å². The molecule has 1 unspecified atom stereocenters. The van der Waals surface area contributed by atoms with Crippen LogP contribution in [0.15, 0.2) is 12.1 Å². The second-order valence-corrected chi connectivity index (χ2v) is 6.70. The van der Waals surface area contributed by atoms with E-state index in [1.807, 2.05) is 0 Å². The lowest BCUT2D eigenvalue weighted by molar-refractivity contribution is -0.105. The maximum Gasteiger partial charge on any atom is 0.534 e. The zero-order valence-electron chi connectivity index (χ0n) is 12.6. The van der Waals surface area contributed by atoms with Crippen LogP contribution in [0, 0.1) is 6.92 Å². The van der Waals surface area contributed by atoms with E-state index in [9.17, 15) is 26.4 Å². The predicted octanol–water partition coefficient (Wildman–Crippen LogP) is 2.94. The summed E-state index contributed by atoms with van der Waals surface area (Å²) < 4.78 is 74.7. The van der Waals surface area contributed by atoms with Crippen LogP contribution < -0.4 is 8.92 Å². The number of alkyl halides is 3. The fraction of sp³-hybridized carbons (Fsp3) is 0.500. The van der Waals surface area contributed by atoms with E-state index >= 15 is 0 Å². The van der Waals surface area contributed by atoms with Crippen molar-refractivity contribution in [1.82, 2.24) is 0 Å². The molecule has 0 bridgehead atoms. The van der Waals surface area contributed by atoms with Crippen LogP contribution in [-0.4, -0.2) is 33.1 Å². The lowest BCUT2D eigenvalue weighted by atomic mass is 10.1. The monoisotopic (exact) mass is 368 g/mol. The van der Waals surface area contributed by atoms with E-state index in [2.05, 4.69) is 4.18 Å². The number of aldehydes is 1. The van der Waals surface area contributed by atoms with Crippen molar-refractivity contribution in [3.8, 4) is 11.5 Å². The van der Waals surface area contributed by atoms with E-state index in [1.54, 1.807) is 0 Å². The quantitative estimate of drug-likeness (QED) is 0.452. The summed E-state index contributed by atoms with van der Waals surface area (Å²) in [5, 5.41) is 0. The van der Waals surface area contributed by atoms with Crippen molar-refractivity contribution < 1.29 is 40.0 Å². The summed E-state index contributed by atoms with van der Waals surface area (Å²) >= 11 is 0. The molecular weight excluding hydrogens is 353 g/mol. The summed E-state index contributed by atoms with van der Waals surface area (Å²) in [6.45, 7) is 1.91. The number of hydrogen-bond acceptors (Lipinski definition) is 6. The first-order valence-corrected chi connectivity index (χ1v) is 8.43. The van der Waals surface area contributed by atoms with Gasteiger partial charge in [0.15, 0.2) is 18.3 Å². The van der Waals surface area contributed by atoms with Crippen LogP contribution >= 0.6 is 0 Å². The Morgan fingerprint density at radius 2 is 2.00 bits per heavy atom. The van der Waals surface area contributed by atoms with Gasteiger partial charge in [0, 0.05) is 12.5 Å². The molecule has 2 rings (SSSR count). The highest BCUT2D eigenvalue weighted by Gasteiger charge is 2.49. The molecule has 0 spiro atoms. The second kappa shape index (κ2) is 6.98. The Bertz CT molecular complexity index is 708. The molecule has 0 amide bonds. The van der Waals surface area contributed by atoms with Gasteiger partial charge < -0.3 is 13.7 Å². The number of carbonyl (C=O) groups excluding carboxylic acids is 1. The van der Waals surface area contributed by atoms with Crippen molar-refractivity contribution in [3.05, 3.63) is 23.3 Å². The number of carbonyl (C=O) groups is 1. The first kappa shape index (κ1) is 18.5. The van der Waals surface area contributed by atoms with E-state index in [0.29, 0.717) is 13.0 Å². The van der Waals surface area contributed by atoms with Crippen molar-refractivity contribution >= 4 is 16.4 Å². The Morgan fingerprint density at radius 1 is 1.29 bits per heavy atom. The van der Waals surface area contributed by atoms with Crippen molar-refractivity contribution in [2.45, 2.75) is 38.0 Å². The zero-order chi connectivity index (χ0) is 18.0. The Kier molecular flexibility index (Phi) is 5.38. The Balaban J connectivity index is 2.33. The first-order valence-electron chi connectivity index (χ1n) is 7.03. The fourth-order valence-electron chi connectivity index (χ4n) is 2.14. The van der Waals surface area contributed by atoms with Gasteiger partial charge in [-0.3, -0.25) is 4.79 Å². The average Bonchev–Trinajstić information content (AvgIpc) is 2.46. The highest BCUT2D eigenvalue weighted by atomic mass is 32.2. The van der Waals surface area contributed by atoms with Crippen LogP contribution in [0.1, 0.15) is 35.2 Å². The van der Waals surface area contributed by atoms with Crippen LogP contribution in [0.3, 0.4) is 0 Å². The van der Waals surface area contributed by atoms with Gasteiger partial charge in [0.25, 0.3) is 0 Å². The topological polar surface area (TPSA) is 78.9 Å². The van der Waals surface area contributed by atoms with Crippen molar-refractivity contribution in [2.24, 2.45) is 0 Å². The lowest BCUT2D eigenvalue weighted by Crippen LogP contribution is -2.28. The highest BCUT2D eigenvalue weighted by Crippen LogP contribution is 2.33. The van der Waals surface area contributed by atoms with Gasteiger partial charge in [-0.05, 0) is 31.4 Å². The molecule has 10 heteroatoms. The summed E-state index contributed by atoms with van der Waals surface area (Å²) in [6, 6.07) is 2.33. The van der Waals surface area contributed by atoms with Crippen LogP contribution in [0.2, 0.25) is 0 Å². The van der Waals surface area contributed by atoms with Crippen LogP contribution in [0.25, 0.3) is 0 Å². The SMILES string of the molecule is Cc1cc(OC2CCCCO2)cc(OS(=O)(=O)C(F)(F)F)c1C=O. The molecule has 134 valence electrons. The van der Waals surface area contributed by atoms with Gasteiger partial charge in [-0.25, -0.2) is 0 Å². The van der Waals surface area contributed by atoms with Gasteiger partial charge in [-0.15, -0.1) is 0 Å². The van der Waals surface area contributed by atoms with E-state index in [1.165, 1.54) is 13.0 Å². The molecule has 1 aromatic rings. The van der Waals surface area contributed by atoms with E-state index in [-0.39, 0.29) is 23.2 Å². The third kappa shape index (κ3) is 4.18. The molecule has 0 aliphatic carbocycles. The number of ether oxygens (including phenoxy) is 2. The number of benzene rings is 1. The highest BCUT2D eigenvalue weighted by molar-refractivity contribution is 7.88. The minimum atomic E-state index is -5.90. The van der Waals surface area contributed by atoms with Crippen molar-refractivity contribution in [1.29, 1.82) is 0 Å². The maximum absolute atomic E-state index is 12.5. The van der Waals surface area contributed by atoms with Gasteiger partial charge >= 0.3 is 15.6 Å². The molecule has 1 atom stereocenters. The normalized spacial score (nSPS) is 18.9. The second-order valence-electron chi connectivity index (χ2n) is 5.17. The fourth-order valence-corrected chi connectivity index (χ4v) is 2.61. The summed E-state index contributed by atoms with van der Waals surface area (Å²) in [7, 11) is -5.90. The molecule has 24 heavy (non-hydrogen) atoms. The molecule has 0 saturated carbocycles. The Hall–Kier alpha value is -1.81. The minimum absolute atomic E-state index is 0.0531. The lowest BCUT2D eigenvalue weighted by Gasteiger charge is -2.24. The number of aryl methyl sites for hydroxylation is 1. The Labute approximate surface area is 136 Å². The summed E-state index contributed by atoms with van der Waals surface area (Å²) in [5.74, 6) is -0.689. The van der Waals surface area contributed by atoms with Crippen molar-refractivity contribution in [2.75, 3.05) is 6.61 Å². The van der Waals surface area contributed by atoms with Crippen LogP contribution in [0.5, 0.6) is 11.5 Å². The molecular formula is C14H15F3O6S. The van der Waals surface area contributed by atoms with Gasteiger partial charge in [-0.1, -0.05) is 0 Å². The first-order chi connectivity index (χ1) is 11.1. The van der Waals surface area contributed by atoms with Gasteiger partial charge in [0.1, 0.15) is 5.75 Å². The molecule has 0 aromatic heterocycles. The average molecular weight is 368 g/mol. The van der Waals surface area contributed by atoms with E-state index in [0.717, 1.165) is 18.9 Å². The molecule has 1 aromatic carbocycles. The third-order valence-electron chi connectivity index (χ3n) is 3.33. The molecule has 0 radical (unpaired) electrons. The van der Waals surface area contributed by atoms with Gasteiger partial charge in [-0.2, -0.15) is 21.6 Å². The maximum atomic E-state index is 12.5. The number of halogens is 3. The van der Waals surface area contributed by atoms with Gasteiger partial charge in [0.05, 0.1) is 12.2 Å². The zero-order valence-corrected chi connectivity index (χ0v) is 13.4. The smallest absolute Gasteiger partial charge is 0.465 e. The largest absolute Gasteiger partial charge is 0.534 e.